The maximum Gasteiger partial charge on any atom is 0.306 e. The third-order valence-electron chi connectivity index (χ3n) is 3.62. The third-order valence-corrected chi connectivity index (χ3v) is 3.95. The van der Waals surface area contributed by atoms with E-state index in [2.05, 4.69) is 10.6 Å². The molecule has 0 atom stereocenters. The van der Waals surface area contributed by atoms with Crippen molar-refractivity contribution >= 4 is 46.5 Å². The van der Waals surface area contributed by atoms with Crippen molar-refractivity contribution in [3.05, 3.63) is 59.1 Å². The largest absolute Gasteiger partial charge is 0.456 e. The molecule has 28 heavy (non-hydrogen) atoms. The van der Waals surface area contributed by atoms with E-state index in [4.69, 9.17) is 16.3 Å². The Morgan fingerprint density at radius 3 is 2.39 bits per heavy atom. The van der Waals surface area contributed by atoms with Crippen molar-refractivity contribution in [2.45, 2.75) is 19.8 Å². The van der Waals surface area contributed by atoms with Gasteiger partial charge in [0.2, 0.25) is 5.91 Å². The number of hydrogen-bond donors (Lipinski definition) is 2. The monoisotopic (exact) mass is 402 g/mol. The van der Waals surface area contributed by atoms with Gasteiger partial charge in [0, 0.05) is 17.7 Å². The highest BCUT2D eigenvalue weighted by Crippen LogP contribution is 2.20. The zero-order chi connectivity index (χ0) is 20.5. The Bertz CT molecular complexity index is 898. The first-order valence-corrected chi connectivity index (χ1v) is 8.84. The number of benzene rings is 2. The summed E-state index contributed by atoms with van der Waals surface area (Å²) in [5, 5.41) is 5.49. The molecule has 0 aliphatic carbocycles. The van der Waals surface area contributed by atoms with Gasteiger partial charge in [-0.2, -0.15) is 0 Å². The molecule has 2 aromatic rings. The minimum Gasteiger partial charge on any atom is -0.456 e. The van der Waals surface area contributed by atoms with E-state index in [-0.39, 0.29) is 18.6 Å². The molecule has 0 bridgehead atoms. The van der Waals surface area contributed by atoms with Gasteiger partial charge in [0.25, 0.3) is 5.91 Å². The minimum absolute atomic E-state index is 0.116. The van der Waals surface area contributed by atoms with E-state index in [1.165, 1.54) is 6.92 Å². The molecule has 2 aromatic carbocycles. The molecule has 2 rings (SSSR count). The van der Waals surface area contributed by atoms with E-state index in [0.29, 0.717) is 22.0 Å². The van der Waals surface area contributed by atoms with Crippen molar-refractivity contribution in [3.63, 3.8) is 0 Å². The maximum atomic E-state index is 11.9. The zero-order valence-electron chi connectivity index (χ0n) is 15.2. The second kappa shape index (κ2) is 10.2. The first kappa shape index (κ1) is 21.1. The van der Waals surface area contributed by atoms with Crippen LogP contribution in [-0.4, -0.2) is 30.2 Å². The van der Waals surface area contributed by atoms with Crippen molar-refractivity contribution < 1.29 is 23.9 Å². The Morgan fingerprint density at radius 1 is 0.929 bits per heavy atom. The summed E-state index contributed by atoms with van der Waals surface area (Å²) in [5.41, 5.74) is 1.35. The maximum absolute atomic E-state index is 11.9. The molecule has 0 saturated carbocycles. The third kappa shape index (κ3) is 6.85. The lowest BCUT2D eigenvalue weighted by molar-refractivity contribution is -0.147. The highest BCUT2D eigenvalue weighted by atomic mass is 35.5. The molecule has 8 heteroatoms. The first-order chi connectivity index (χ1) is 13.3. The number of halogens is 1. The molecule has 0 fully saturated rings. The molecular weight excluding hydrogens is 384 g/mol. The zero-order valence-corrected chi connectivity index (χ0v) is 15.9. The van der Waals surface area contributed by atoms with Crippen LogP contribution >= 0.6 is 11.6 Å². The summed E-state index contributed by atoms with van der Waals surface area (Å²) in [6.45, 7) is 0.950. The number of carbonyl (C=O) groups excluding carboxylic acids is 4. The Kier molecular flexibility index (Phi) is 7.71. The molecule has 0 aromatic heterocycles. The predicted molar refractivity (Wildman–Crippen MR) is 105 cm³/mol. The van der Waals surface area contributed by atoms with Crippen LogP contribution in [0.4, 0.5) is 11.4 Å². The van der Waals surface area contributed by atoms with Crippen LogP contribution in [0.5, 0.6) is 0 Å². The fraction of sp³-hybridized carbons (Fsp3) is 0.200. The predicted octanol–water partition coefficient (Wildman–Crippen LogP) is 3.44. The number of esters is 1. The normalized spacial score (nSPS) is 10.1. The van der Waals surface area contributed by atoms with Crippen LogP contribution < -0.4 is 10.6 Å². The Hall–Kier alpha value is -3.19. The molecular formula is C20H19ClN2O5. The Morgan fingerprint density at radius 2 is 1.68 bits per heavy atom. The number of carbonyl (C=O) groups is 4. The number of amides is 2. The average molecular weight is 403 g/mol. The van der Waals surface area contributed by atoms with Crippen LogP contribution in [0, 0.1) is 0 Å². The minimum atomic E-state index is -0.679. The Labute approximate surface area is 167 Å². The fourth-order valence-corrected chi connectivity index (χ4v) is 2.41. The van der Waals surface area contributed by atoms with Crippen LogP contribution in [0.15, 0.2) is 48.5 Å². The number of rotatable bonds is 8. The lowest BCUT2D eigenvalue weighted by atomic mass is 10.1. The molecule has 0 unspecified atom stereocenters. The van der Waals surface area contributed by atoms with E-state index in [0.717, 1.165) is 0 Å². The van der Waals surface area contributed by atoms with Gasteiger partial charge >= 0.3 is 5.97 Å². The van der Waals surface area contributed by atoms with Gasteiger partial charge in [0.15, 0.2) is 12.4 Å². The summed E-state index contributed by atoms with van der Waals surface area (Å²) in [5.74, 6) is -1.73. The second-order valence-corrected chi connectivity index (χ2v) is 6.28. The van der Waals surface area contributed by atoms with Gasteiger partial charge < -0.3 is 15.4 Å². The van der Waals surface area contributed by atoms with Gasteiger partial charge in [-0.25, -0.2) is 0 Å². The van der Waals surface area contributed by atoms with Crippen LogP contribution in [0.2, 0.25) is 5.02 Å². The van der Waals surface area contributed by atoms with Crippen molar-refractivity contribution in [2.24, 2.45) is 0 Å². The molecule has 2 N–H and O–H groups in total. The van der Waals surface area contributed by atoms with Crippen LogP contribution in [0.25, 0.3) is 0 Å². The topological polar surface area (TPSA) is 102 Å². The Balaban J connectivity index is 1.72. The number of hydrogen-bond acceptors (Lipinski definition) is 5. The molecule has 0 radical (unpaired) electrons. The molecule has 146 valence electrons. The molecule has 7 nitrogen and oxygen atoms in total. The summed E-state index contributed by atoms with van der Waals surface area (Å²) < 4.78 is 4.85. The van der Waals surface area contributed by atoms with Gasteiger partial charge in [0.05, 0.1) is 17.1 Å². The summed E-state index contributed by atoms with van der Waals surface area (Å²) in [6.07, 6.45) is -0.299. The van der Waals surface area contributed by atoms with Crippen molar-refractivity contribution in [2.75, 3.05) is 17.2 Å². The lowest BCUT2D eigenvalue weighted by Crippen LogP contribution is -2.22. The smallest absolute Gasteiger partial charge is 0.306 e. The van der Waals surface area contributed by atoms with Crippen molar-refractivity contribution in [3.8, 4) is 0 Å². The van der Waals surface area contributed by atoms with E-state index >= 15 is 0 Å². The summed E-state index contributed by atoms with van der Waals surface area (Å²) in [6, 6.07) is 13.2. The summed E-state index contributed by atoms with van der Waals surface area (Å²) in [7, 11) is 0. The van der Waals surface area contributed by atoms with Crippen LogP contribution in [0.1, 0.15) is 30.1 Å². The fourth-order valence-electron chi connectivity index (χ4n) is 2.22. The van der Waals surface area contributed by atoms with Gasteiger partial charge in [0.1, 0.15) is 0 Å². The highest BCUT2D eigenvalue weighted by molar-refractivity contribution is 6.33. The molecule has 0 spiro atoms. The summed E-state index contributed by atoms with van der Waals surface area (Å²) in [4.78, 5) is 46.8. The number of anilines is 2. The average Bonchev–Trinajstić information content (AvgIpc) is 2.66. The van der Waals surface area contributed by atoms with E-state index in [1.807, 2.05) is 0 Å². The summed E-state index contributed by atoms with van der Waals surface area (Å²) >= 11 is 5.92. The second-order valence-electron chi connectivity index (χ2n) is 5.87. The molecule has 0 heterocycles. The highest BCUT2D eigenvalue weighted by Gasteiger charge is 2.12. The lowest BCUT2D eigenvalue weighted by Gasteiger charge is -2.08. The number of ether oxygens (including phenoxy) is 1. The number of para-hydroxylation sites is 1. The molecule has 0 aliphatic rings. The number of nitrogens with one attached hydrogen (secondary N) is 2. The van der Waals surface area contributed by atoms with E-state index in [1.54, 1.807) is 48.5 Å². The van der Waals surface area contributed by atoms with Crippen LogP contribution in [0.3, 0.4) is 0 Å². The van der Waals surface area contributed by atoms with Crippen LogP contribution in [-0.2, 0) is 19.1 Å². The van der Waals surface area contributed by atoms with Gasteiger partial charge in [-0.05, 0) is 31.2 Å². The van der Waals surface area contributed by atoms with Gasteiger partial charge in [-0.15, -0.1) is 0 Å². The molecule has 0 aliphatic heterocycles. The number of ketones is 1. The molecule has 2 amide bonds. The van der Waals surface area contributed by atoms with Crippen molar-refractivity contribution in [1.29, 1.82) is 0 Å². The van der Waals surface area contributed by atoms with Crippen molar-refractivity contribution in [1.82, 2.24) is 0 Å². The SMILES string of the molecule is CC(=O)c1cccc(NC(=O)CCC(=O)OCC(=O)Nc2ccccc2Cl)c1. The molecule has 0 saturated heterocycles. The quantitative estimate of drug-likeness (QED) is 0.520. The van der Waals surface area contributed by atoms with Gasteiger partial charge in [-0.1, -0.05) is 35.9 Å². The first-order valence-electron chi connectivity index (χ1n) is 8.46. The number of Topliss-reactive ketones (excluding diaryl/α,β-unsaturated/α-hetero) is 1. The van der Waals surface area contributed by atoms with E-state index in [9.17, 15) is 19.2 Å². The standard InChI is InChI=1S/C20H19ClN2O5/c1-13(24)14-5-4-6-15(11-14)22-18(25)9-10-20(27)28-12-19(26)23-17-8-3-2-7-16(17)21/h2-8,11H,9-10,12H2,1H3,(H,22,25)(H,23,26). The van der Waals surface area contributed by atoms with Gasteiger partial charge in [-0.3, -0.25) is 19.2 Å². The van der Waals surface area contributed by atoms with E-state index < -0.39 is 24.4 Å².